The number of hydrogen-bond acceptors (Lipinski definition) is 3. The van der Waals surface area contributed by atoms with E-state index in [0.717, 1.165) is 46.4 Å². The molecule has 0 radical (unpaired) electrons. The number of benzene rings is 1. The van der Waals surface area contributed by atoms with E-state index in [0.29, 0.717) is 5.92 Å². The SMILES string of the molecule is CN1CCC(c2c(-c3cccs3)c(=O)[nH]c3ccc(Br)cc23)CC1. The van der Waals surface area contributed by atoms with Crippen molar-refractivity contribution in [2.75, 3.05) is 20.1 Å². The molecule has 0 amide bonds. The van der Waals surface area contributed by atoms with Gasteiger partial charge in [0, 0.05) is 20.3 Å². The second-order valence-electron chi connectivity index (χ2n) is 6.49. The van der Waals surface area contributed by atoms with E-state index in [1.807, 2.05) is 23.6 Å². The Morgan fingerprint density at radius 2 is 2.04 bits per heavy atom. The number of rotatable bonds is 2. The molecule has 3 aromatic rings. The Morgan fingerprint density at radius 1 is 1.25 bits per heavy atom. The molecule has 1 N–H and O–H groups in total. The van der Waals surface area contributed by atoms with Crippen molar-refractivity contribution in [1.29, 1.82) is 0 Å². The number of pyridine rings is 1. The van der Waals surface area contributed by atoms with Crippen LogP contribution in [-0.2, 0) is 0 Å². The summed E-state index contributed by atoms with van der Waals surface area (Å²) >= 11 is 5.23. The number of aromatic amines is 1. The Balaban J connectivity index is 2.00. The van der Waals surface area contributed by atoms with E-state index in [2.05, 4.69) is 45.0 Å². The van der Waals surface area contributed by atoms with Gasteiger partial charge in [-0.2, -0.15) is 0 Å². The van der Waals surface area contributed by atoms with Crippen LogP contribution in [0.25, 0.3) is 21.3 Å². The first kappa shape index (κ1) is 16.1. The molecule has 0 aliphatic carbocycles. The molecule has 0 bridgehead atoms. The van der Waals surface area contributed by atoms with Crippen molar-refractivity contribution in [2.45, 2.75) is 18.8 Å². The van der Waals surface area contributed by atoms with Gasteiger partial charge in [-0.15, -0.1) is 11.3 Å². The molecular formula is C19H19BrN2OS. The van der Waals surface area contributed by atoms with Gasteiger partial charge in [-0.05, 0) is 74.1 Å². The quantitative estimate of drug-likeness (QED) is 0.666. The van der Waals surface area contributed by atoms with Crippen LogP contribution in [0, 0.1) is 0 Å². The second-order valence-corrected chi connectivity index (χ2v) is 8.35. The monoisotopic (exact) mass is 402 g/mol. The lowest BCUT2D eigenvalue weighted by molar-refractivity contribution is 0.256. The highest BCUT2D eigenvalue weighted by molar-refractivity contribution is 9.10. The van der Waals surface area contributed by atoms with Crippen LogP contribution in [-0.4, -0.2) is 30.0 Å². The third kappa shape index (κ3) is 2.85. The Bertz CT molecular complexity index is 924. The standard InChI is InChI=1S/C19H19BrN2OS/c1-22-8-6-12(7-9-22)17-14-11-13(20)4-5-15(14)21-19(23)18(17)16-3-2-10-24-16/h2-5,10-12H,6-9H2,1H3,(H,21,23). The number of halogens is 1. The Labute approximate surface area is 153 Å². The van der Waals surface area contributed by atoms with Crippen molar-refractivity contribution >= 4 is 38.2 Å². The number of hydrogen-bond donors (Lipinski definition) is 1. The highest BCUT2D eigenvalue weighted by atomic mass is 79.9. The van der Waals surface area contributed by atoms with Gasteiger partial charge < -0.3 is 9.88 Å². The summed E-state index contributed by atoms with van der Waals surface area (Å²) in [5.74, 6) is 0.428. The molecule has 3 nitrogen and oxygen atoms in total. The van der Waals surface area contributed by atoms with Gasteiger partial charge in [-0.3, -0.25) is 4.79 Å². The van der Waals surface area contributed by atoms with Gasteiger partial charge in [-0.1, -0.05) is 22.0 Å². The molecule has 1 fully saturated rings. The zero-order valence-electron chi connectivity index (χ0n) is 13.5. The minimum Gasteiger partial charge on any atom is -0.321 e. The molecule has 124 valence electrons. The maximum Gasteiger partial charge on any atom is 0.257 e. The first-order valence-corrected chi connectivity index (χ1v) is 9.88. The summed E-state index contributed by atoms with van der Waals surface area (Å²) in [5.41, 5.74) is 3.05. The van der Waals surface area contributed by atoms with Crippen molar-refractivity contribution in [3.8, 4) is 10.4 Å². The molecule has 4 rings (SSSR count). The molecule has 24 heavy (non-hydrogen) atoms. The lowest BCUT2D eigenvalue weighted by Crippen LogP contribution is -2.30. The van der Waals surface area contributed by atoms with E-state index in [1.54, 1.807) is 11.3 Å². The van der Waals surface area contributed by atoms with Crippen LogP contribution in [0.4, 0.5) is 0 Å². The van der Waals surface area contributed by atoms with E-state index in [-0.39, 0.29) is 5.56 Å². The number of H-pyrrole nitrogens is 1. The maximum absolute atomic E-state index is 12.9. The number of nitrogens with zero attached hydrogens (tertiary/aromatic N) is 1. The molecule has 0 saturated carbocycles. The zero-order valence-corrected chi connectivity index (χ0v) is 15.9. The van der Waals surface area contributed by atoms with E-state index in [9.17, 15) is 4.79 Å². The maximum atomic E-state index is 12.9. The predicted octanol–water partition coefficient (Wildman–Crippen LogP) is 4.83. The lowest BCUT2D eigenvalue weighted by atomic mass is 9.84. The number of thiophene rings is 1. The molecule has 0 atom stereocenters. The zero-order chi connectivity index (χ0) is 16.7. The van der Waals surface area contributed by atoms with Crippen molar-refractivity contribution in [2.24, 2.45) is 0 Å². The van der Waals surface area contributed by atoms with Crippen LogP contribution in [0.1, 0.15) is 24.3 Å². The third-order valence-corrected chi connectivity index (χ3v) is 6.29. The van der Waals surface area contributed by atoms with Gasteiger partial charge in [0.25, 0.3) is 5.56 Å². The van der Waals surface area contributed by atoms with E-state index in [4.69, 9.17) is 0 Å². The largest absolute Gasteiger partial charge is 0.321 e. The van der Waals surface area contributed by atoms with Crippen LogP contribution < -0.4 is 5.56 Å². The number of aromatic nitrogens is 1. The average molecular weight is 403 g/mol. The number of piperidine rings is 1. The van der Waals surface area contributed by atoms with Crippen LogP contribution >= 0.6 is 27.3 Å². The molecule has 2 aromatic heterocycles. The van der Waals surface area contributed by atoms with Gasteiger partial charge in [-0.25, -0.2) is 0 Å². The fraction of sp³-hybridized carbons (Fsp3) is 0.316. The first-order chi connectivity index (χ1) is 11.6. The number of nitrogens with one attached hydrogen (secondary N) is 1. The van der Waals surface area contributed by atoms with E-state index in [1.165, 1.54) is 10.9 Å². The smallest absolute Gasteiger partial charge is 0.257 e. The Hall–Kier alpha value is -1.43. The van der Waals surface area contributed by atoms with Crippen LogP contribution in [0.5, 0.6) is 0 Å². The molecule has 0 spiro atoms. The Morgan fingerprint density at radius 3 is 2.75 bits per heavy atom. The first-order valence-electron chi connectivity index (χ1n) is 8.21. The molecular weight excluding hydrogens is 384 g/mol. The summed E-state index contributed by atoms with van der Waals surface area (Å²) in [5, 5.41) is 3.21. The fourth-order valence-electron chi connectivity index (χ4n) is 3.68. The van der Waals surface area contributed by atoms with E-state index < -0.39 is 0 Å². The number of fused-ring (bicyclic) bond motifs is 1. The molecule has 3 heterocycles. The van der Waals surface area contributed by atoms with Gasteiger partial charge in [0.05, 0.1) is 5.56 Å². The van der Waals surface area contributed by atoms with Crippen molar-refractivity contribution in [3.63, 3.8) is 0 Å². The third-order valence-electron chi connectivity index (χ3n) is 4.91. The van der Waals surface area contributed by atoms with Gasteiger partial charge in [0.15, 0.2) is 0 Å². The summed E-state index contributed by atoms with van der Waals surface area (Å²) in [4.78, 5) is 19.4. The van der Waals surface area contributed by atoms with Crippen LogP contribution in [0.2, 0.25) is 0 Å². The normalized spacial score (nSPS) is 16.8. The topological polar surface area (TPSA) is 36.1 Å². The van der Waals surface area contributed by atoms with Crippen molar-refractivity contribution < 1.29 is 0 Å². The predicted molar refractivity (Wildman–Crippen MR) is 105 cm³/mol. The highest BCUT2D eigenvalue weighted by Gasteiger charge is 2.25. The van der Waals surface area contributed by atoms with Crippen LogP contribution in [0.3, 0.4) is 0 Å². The van der Waals surface area contributed by atoms with Gasteiger partial charge >= 0.3 is 0 Å². The highest BCUT2D eigenvalue weighted by Crippen LogP contribution is 2.39. The fourth-order valence-corrected chi connectivity index (χ4v) is 4.82. The molecule has 1 aliphatic heterocycles. The minimum absolute atomic E-state index is 0.0289. The molecule has 0 unspecified atom stereocenters. The van der Waals surface area contributed by atoms with Gasteiger partial charge in [0.2, 0.25) is 0 Å². The summed E-state index contributed by atoms with van der Waals surface area (Å²) in [6.45, 7) is 2.16. The van der Waals surface area contributed by atoms with Gasteiger partial charge in [0.1, 0.15) is 0 Å². The molecule has 1 aromatic carbocycles. The second kappa shape index (κ2) is 6.47. The summed E-state index contributed by atoms with van der Waals surface area (Å²) in [6, 6.07) is 10.2. The Kier molecular flexibility index (Phi) is 4.33. The molecule has 1 saturated heterocycles. The van der Waals surface area contributed by atoms with E-state index >= 15 is 0 Å². The average Bonchev–Trinajstić information content (AvgIpc) is 3.09. The van der Waals surface area contributed by atoms with Crippen molar-refractivity contribution in [3.05, 3.63) is 56.1 Å². The van der Waals surface area contributed by atoms with Crippen molar-refractivity contribution in [1.82, 2.24) is 9.88 Å². The minimum atomic E-state index is 0.0289. The summed E-state index contributed by atoms with van der Waals surface area (Å²) in [6.07, 6.45) is 2.19. The molecule has 5 heteroatoms. The van der Waals surface area contributed by atoms with Crippen LogP contribution in [0.15, 0.2) is 45.0 Å². The lowest BCUT2D eigenvalue weighted by Gasteiger charge is -2.31. The molecule has 1 aliphatic rings. The number of likely N-dealkylation sites (tertiary alicyclic amines) is 1. The summed E-state index contributed by atoms with van der Waals surface area (Å²) in [7, 11) is 2.17. The summed E-state index contributed by atoms with van der Waals surface area (Å²) < 4.78 is 1.05.